The number of rotatable bonds is 8. The van der Waals surface area contributed by atoms with Gasteiger partial charge in [0.15, 0.2) is 0 Å². The highest BCUT2D eigenvalue weighted by atomic mass is 16.5. The van der Waals surface area contributed by atoms with Crippen LogP contribution < -0.4 is 5.32 Å². The Morgan fingerprint density at radius 1 is 1.43 bits per heavy atom. The Morgan fingerprint density at radius 2 is 2.14 bits per heavy atom. The van der Waals surface area contributed by atoms with Crippen molar-refractivity contribution in [1.29, 1.82) is 0 Å². The molecule has 0 aromatic rings. The standard InChI is InChI=1S/C11H23NO2/c1-4-6-7-10(5-2)11(13)12-8-9-14-3/h10H,4-9H2,1-3H3,(H,12,13). The second-order valence-electron chi connectivity index (χ2n) is 3.53. The van der Waals surface area contributed by atoms with Crippen molar-refractivity contribution in [2.75, 3.05) is 20.3 Å². The Kier molecular flexibility index (Phi) is 8.64. The second kappa shape index (κ2) is 9.00. The zero-order chi connectivity index (χ0) is 10.8. The fraction of sp³-hybridized carbons (Fsp3) is 0.909. The molecule has 0 spiro atoms. The molecule has 0 bridgehead atoms. The molecule has 1 amide bonds. The van der Waals surface area contributed by atoms with Gasteiger partial charge in [0, 0.05) is 19.6 Å². The summed E-state index contributed by atoms with van der Waals surface area (Å²) in [5.74, 6) is 0.366. The molecule has 1 atom stereocenters. The normalized spacial score (nSPS) is 12.5. The Labute approximate surface area is 87.2 Å². The molecule has 0 saturated carbocycles. The van der Waals surface area contributed by atoms with Crippen molar-refractivity contribution in [3.63, 3.8) is 0 Å². The minimum atomic E-state index is 0.179. The summed E-state index contributed by atoms with van der Waals surface area (Å²) in [7, 11) is 1.64. The quantitative estimate of drug-likeness (QED) is 0.610. The van der Waals surface area contributed by atoms with Gasteiger partial charge >= 0.3 is 0 Å². The number of hydrogen-bond acceptors (Lipinski definition) is 2. The monoisotopic (exact) mass is 201 g/mol. The third-order valence-corrected chi connectivity index (χ3v) is 2.38. The first-order chi connectivity index (χ1) is 6.76. The van der Waals surface area contributed by atoms with Gasteiger partial charge in [-0.3, -0.25) is 4.79 Å². The summed E-state index contributed by atoms with van der Waals surface area (Å²) < 4.78 is 4.87. The van der Waals surface area contributed by atoms with Gasteiger partial charge in [0.25, 0.3) is 0 Å². The van der Waals surface area contributed by atoms with E-state index in [-0.39, 0.29) is 11.8 Å². The first-order valence-electron chi connectivity index (χ1n) is 5.52. The van der Waals surface area contributed by atoms with Gasteiger partial charge in [-0.05, 0) is 12.8 Å². The maximum Gasteiger partial charge on any atom is 0.223 e. The molecular weight excluding hydrogens is 178 g/mol. The average Bonchev–Trinajstić information content (AvgIpc) is 2.19. The lowest BCUT2D eigenvalue weighted by Gasteiger charge is -2.14. The summed E-state index contributed by atoms with van der Waals surface area (Å²) in [6, 6.07) is 0. The SMILES string of the molecule is CCCCC(CC)C(=O)NCCOC. The maximum absolute atomic E-state index is 11.6. The Morgan fingerprint density at radius 3 is 2.64 bits per heavy atom. The number of amides is 1. The predicted molar refractivity (Wildman–Crippen MR) is 58.2 cm³/mol. The van der Waals surface area contributed by atoms with E-state index in [1.807, 2.05) is 0 Å². The molecule has 0 aromatic heterocycles. The average molecular weight is 201 g/mol. The first kappa shape index (κ1) is 13.4. The van der Waals surface area contributed by atoms with E-state index in [1.165, 1.54) is 0 Å². The van der Waals surface area contributed by atoms with Crippen LogP contribution in [0.3, 0.4) is 0 Å². The van der Waals surface area contributed by atoms with Gasteiger partial charge in [-0.1, -0.05) is 26.7 Å². The van der Waals surface area contributed by atoms with E-state index in [9.17, 15) is 4.79 Å². The molecule has 0 rings (SSSR count). The summed E-state index contributed by atoms with van der Waals surface area (Å²) in [6.45, 7) is 5.43. The van der Waals surface area contributed by atoms with Crippen molar-refractivity contribution in [1.82, 2.24) is 5.32 Å². The van der Waals surface area contributed by atoms with Crippen LogP contribution in [0.25, 0.3) is 0 Å². The van der Waals surface area contributed by atoms with E-state index < -0.39 is 0 Å². The summed E-state index contributed by atoms with van der Waals surface area (Å²) in [5, 5.41) is 2.88. The number of ether oxygens (including phenoxy) is 1. The van der Waals surface area contributed by atoms with Gasteiger partial charge in [0.1, 0.15) is 0 Å². The van der Waals surface area contributed by atoms with Crippen LogP contribution in [-0.2, 0) is 9.53 Å². The molecule has 1 N–H and O–H groups in total. The van der Waals surface area contributed by atoms with Crippen molar-refractivity contribution in [3.8, 4) is 0 Å². The molecule has 0 aliphatic heterocycles. The smallest absolute Gasteiger partial charge is 0.223 e. The minimum Gasteiger partial charge on any atom is -0.383 e. The predicted octanol–water partition coefficient (Wildman–Crippen LogP) is 1.97. The molecule has 3 nitrogen and oxygen atoms in total. The van der Waals surface area contributed by atoms with Crippen molar-refractivity contribution in [3.05, 3.63) is 0 Å². The molecule has 0 fully saturated rings. The summed E-state index contributed by atoms with van der Waals surface area (Å²) in [6.07, 6.45) is 4.22. The molecule has 0 radical (unpaired) electrons. The fourth-order valence-electron chi connectivity index (χ4n) is 1.39. The van der Waals surface area contributed by atoms with E-state index in [0.29, 0.717) is 13.2 Å². The van der Waals surface area contributed by atoms with Crippen molar-refractivity contribution >= 4 is 5.91 Å². The van der Waals surface area contributed by atoms with Crippen LogP contribution in [0, 0.1) is 5.92 Å². The van der Waals surface area contributed by atoms with E-state index in [0.717, 1.165) is 25.7 Å². The van der Waals surface area contributed by atoms with Crippen LogP contribution in [0.1, 0.15) is 39.5 Å². The van der Waals surface area contributed by atoms with E-state index in [4.69, 9.17) is 4.74 Å². The highest BCUT2D eigenvalue weighted by Crippen LogP contribution is 2.12. The first-order valence-corrected chi connectivity index (χ1v) is 5.52. The Balaban J connectivity index is 3.67. The van der Waals surface area contributed by atoms with Crippen molar-refractivity contribution in [2.24, 2.45) is 5.92 Å². The van der Waals surface area contributed by atoms with Crippen LogP contribution >= 0.6 is 0 Å². The third-order valence-electron chi connectivity index (χ3n) is 2.38. The van der Waals surface area contributed by atoms with Crippen LogP contribution in [0.2, 0.25) is 0 Å². The number of carbonyl (C=O) groups excluding carboxylic acids is 1. The van der Waals surface area contributed by atoms with Gasteiger partial charge < -0.3 is 10.1 Å². The molecule has 84 valence electrons. The van der Waals surface area contributed by atoms with Crippen LogP contribution in [0.4, 0.5) is 0 Å². The topological polar surface area (TPSA) is 38.3 Å². The zero-order valence-electron chi connectivity index (χ0n) is 9.64. The highest BCUT2D eigenvalue weighted by Gasteiger charge is 2.14. The molecule has 0 aliphatic carbocycles. The van der Waals surface area contributed by atoms with E-state index >= 15 is 0 Å². The fourth-order valence-corrected chi connectivity index (χ4v) is 1.39. The minimum absolute atomic E-state index is 0.179. The maximum atomic E-state index is 11.6. The number of nitrogens with one attached hydrogen (secondary N) is 1. The molecule has 1 unspecified atom stereocenters. The van der Waals surface area contributed by atoms with Gasteiger partial charge in [-0.2, -0.15) is 0 Å². The van der Waals surface area contributed by atoms with Gasteiger partial charge in [-0.15, -0.1) is 0 Å². The summed E-state index contributed by atoms with van der Waals surface area (Å²) >= 11 is 0. The number of carbonyl (C=O) groups is 1. The largest absolute Gasteiger partial charge is 0.383 e. The van der Waals surface area contributed by atoms with Gasteiger partial charge in [0.2, 0.25) is 5.91 Å². The van der Waals surface area contributed by atoms with Crippen LogP contribution in [0.5, 0.6) is 0 Å². The summed E-state index contributed by atoms with van der Waals surface area (Å²) in [5.41, 5.74) is 0. The molecule has 0 saturated heterocycles. The van der Waals surface area contributed by atoms with Gasteiger partial charge in [-0.25, -0.2) is 0 Å². The molecule has 3 heteroatoms. The van der Waals surface area contributed by atoms with Crippen molar-refractivity contribution < 1.29 is 9.53 Å². The number of methoxy groups -OCH3 is 1. The molecule has 0 heterocycles. The van der Waals surface area contributed by atoms with Crippen LogP contribution in [-0.4, -0.2) is 26.2 Å². The summed E-state index contributed by atoms with van der Waals surface area (Å²) in [4.78, 5) is 11.6. The van der Waals surface area contributed by atoms with E-state index in [1.54, 1.807) is 7.11 Å². The number of unbranched alkanes of at least 4 members (excludes halogenated alkanes) is 1. The Hall–Kier alpha value is -0.570. The van der Waals surface area contributed by atoms with Gasteiger partial charge in [0.05, 0.1) is 6.61 Å². The highest BCUT2D eigenvalue weighted by molar-refractivity contribution is 5.78. The molecule has 0 aliphatic rings. The Bertz CT molecular complexity index is 148. The number of hydrogen-bond donors (Lipinski definition) is 1. The third kappa shape index (κ3) is 5.97. The van der Waals surface area contributed by atoms with Crippen molar-refractivity contribution in [2.45, 2.75) is 39.5 Å². The lowest BCUT2D eigenvalue weighted by atomic mass is 9.98. The van der Waals surface area contributed by atoms with Crippen LogP contribution in [0.15, 0.2) is 0 Å². The zero-order valence-corrected chi connectivity index (χ0v) is 9.64. The molecular formula is C11H23NO2. The lowest BCUT2D eigenvalue weighted by Crippen LogP contribution is -2.32. The van der Waals surface area contributed by atoms with E-state index in [2.05, 4.69) is 19.2 Å². The molecule has 0 aromatic carbocycles. The lowest BCUT2D eigenvalue weighted by molar-refractivity contribution is -0.125. The second-order valence-corrected chi connectivity index (χ2v) is 3.53. The molecule has 14 heavy (non-hydrogen) atoms.